The molecule has 0 radical (unpaired) electrons. The summed E-state index contributed by atoms with van der Waals surface area (Å²) in [6.45, 7) is 5.91. The van der Waals surface area contributed by atoms with Gasteiger partial charge >= 0.3 is 0 Å². The van der Waals surface area contributed by atoms with Crippen LogP contribution >= 0.6 is 0 Å². The Kier molecular flexibility index (Phi) is 12.2. The summed E-state index contributed by atoms with van der Waals surface area (Å²) >= 11 is 0. The highest BCUT2D eigenvalue weighted by molar-refractivity contribution is 5.96. The first-order chi connectivity index (χ1) is 24.0. The number of aryl methyl sites for hydroxylation is 1. The minimum absolute atomic E-state index is 0.0758. The number of nitrogens with one attached hydrogen (secondary N) is 3. The Hall–Kier alpha value is -4.42. The molecule has 1 aromatic heterocycles. The van der Waals surface area contributed by atoms with E-state index in [0.29, 0.717) is 38.1 Å². The number of hydrogen-bond donors (Lipinski definition) is 4. The van der Waals surface area contributed by atoms with Gasteiger partial charge in [0.2, 0.25) is 23.6 Å². The van der Waals surface area contributed by atoms with E-state index >= 15 is 0 Å². The number of ether oxygens (including phenoxy) is 1. The van der Waals surface area contributed by atoms with Gasteiger partial charge in [-0.25, -0.2) is 13.8 Å². The van der Waals surface area contributed by atoms with Crippen molar-refractivity contribution >= 4 is 17.7 Å². The first kappa shape index (κ1) is 36.9. The summed E-state index contributed by atoms with van der Waals surface area (Å²) in [5, 5.41) is 20.9. The molecular formula is C38H47F2N5O5. The molecular weight excluding hydrogens is 644 g/mol. The summed E-state index contributed by atoms with van der Waals surface area (Å²) in [5.41, 5.74) is 0.0823. The number of amides is 3. The molecule has 0 bridgehead atoms. The predicted octanol–water partition coefficient (Wildman–Crippen LogP) is 3.71. The molecule has 0 saturated carbocycles. The van der Waals surface area contributed by atoms with Crippen molar-refractivity contribution in [1.82, 2.24) is 25.8 Å². The van der Waals surface area contributed by atoms with Crippen LogP contribution in [0.15, 0.2) is 72.9 Å². The summed E-state index contributed by atoms with van der Waals surface area (Å²) < 4.78 is 34.6. The molecule has 2 unspecified atom stereocenters. The number of rotatable bonds is 15. The molecule has 4 N–H and O–H groups in total. The Morgan fingerprint density at radius 1 is 1.10 bits per heavy atom. The van der Waals surface area contributed by atoms with Crippen LogP contribution in [0.2, 0.25) is 0 Å². The third-order valence-corrected chi connectivity index (χ3v) is 10.1. The fraction of sp³-hybridized carbons (Fsp3) is 0.474. The highest BCUT2D eigenvalue weighted by Gasteiger charge is 2.53. The number of carbonyl (C=O) groups is 3. The van der Waals surface area contributed by atoms with Crippen LogP contribution in [-0.2, 0) is 27.2 Å². The van der Waals surface area contributed by atoms with E-state index in [4.69, 9.17) is 4.74 Å². The Balaban J connectivity index is 1.41. The zero-order valence-corrected chi connectivity index (χ0v) is 28.8. The molecule has 3 heterocycles. The number of halogens is 2. The van der Waals surface area contributed by atoms with Gasteiger partial charge in [-0.05, 0) is 60.9 Å². The van der Waals surface area contributed by atoms with E-state index in [9.17, 15) is 28.3 Å². The van der Waals surface area contributed by atoms with Gasteiger partial charge in [-0.15, -0.1) is 0 Å². The van der Waals surface area contributed by atoms with Gasteiger partial charge in [-0.2, -0.15) is 0 Å². The number of likely N-dealkylation sites (tertiary alicyclic amines) is 1. The van der Waals surface area contributed by atoms with Crippen LogP contribution in [0.1, 0.15) is 57.6 Å². The molecule has 3 amide bonds. The molecule has 12 heteroatoms. The van der Waals surface area contributed by atoms with E-state index in [1.54, 1.807) is 18.3 Å². The molecule has 2 aromatic carbocycles. The van der Waals surface area contributed by atoms with Crippen LogP contribution in [0, 0.1) is 17.6 Å². The van der Waals surface area contributed by atoms with Gasteiger partial charge in [0.25, 0.3) is 0 Å². The highest BCUT2D eigenvalue weighted by atomic mass is 19.1. The molecule has 0 aliphatic carbocycles. The minimum Gasteiger partial charge on any atom is -0.473 e. The molecule has 2 aliphatic rings. The number of pyridine rings is 1. The molecule has 3 aromatic rings. The van der Waals surface area contributed by atoms with Gasteiger partial charge in [0.15, 0.2) is 0 Å². The van der Waals surface area contributed by atoms with E-state index in [-0.39, 0.29) is 48.8 Å². The van der Waals surface area contributed by atoms with Gasteiger partial charge in [0, 0.05) is 50.8 Å². The van der Waals surface area contributed by atoms with Crippen molar-refractivity contribution in [3.8, 4) is 5.88 Å². The summed E-state index contributed by atoms with van der Waals surface area (Å²) in [4.78, 5) is 46.8. The number of aliphatic hydroxyl groups excluding tert-OH is 1. The Morgan fingerprint density at radius 3 is 2.48 bits per heavy atom. The van der Waals surface area contributed by atoms with Crippen molar-refractivity contribution in [3.05, 3.63) is 95.7 Å². The number of carbonyl (C=O) groups excluding carboxylic acids is 3. The lowest BCUT2D eigenvalue weighted by Crippen LogP contribution is -2.61. The van der Waals surface area contributed by atoms with Crippen molar-refractivity contribution < 1.29 is 33.0 Å². The monoisotopic (exact) mass is 691 g/mol. The SMILES string of the molecule is CC[C@@H](C)C1(NC(C)=O)CCN(C(CCc2ccccc2)C(=O)N[C@@H](Cc2cc(F)cc(F)c2)[C@H](O)[C@H]2C[C@@H](Oc3ccccn3)CN2)C1=O. The van der Waals surface area contributed by atoms with Crippen LogP contribution in [-0.4, -0.2) is 81.7 Å². The lowest BCUT2D eigenvalue weighted by atomic mass is 9.81. The summed E-state index contributed by atoms with van der Waals surface area (Å²) in [6.07, 6.45) is 2.17. The second-order valence-corrected chi connectivity index (χ2v) is 13.5. The second-order valence-electron chi connectivity index (χ2n) is 13.5. The maximum absolute atomic E-state index is 14.4. The van der Waals surface area contributed by atoms with Crippen molar-refractivity contribution in [2.75, 3.05) is 13.1 Å². The molecule has 50 heavy (non-hydrogen) atoms. The molecule has 0 spiro atoms. The normalized spacial score (nSPS) is 22.8. The third-order valence-electron chi connectivity index (χ3n) is 10.1. The van der Waals surface area contributed by atoms with Gasteiger partial charge in [-0.3, -0.25) is 14.4 Å². The van der Waals surface area contributed by atoms with Crippen LogP contribution in [0.5, 0.6) is 5.88 Å². The maximum Gasteiger partial charge on any atom is 0.249 e. The van der Waals surface area contributed by atoms with Crippen molar-refractivity contribution in [2.24, 2.45) is 5.92 Å². The standard InChI is InChI=1S/C38H47F2N5O5/c1-4-24(2)38(44-25(3)46)15-17-45(37(38)49)33(14-13-26-10-6-5-7-11-26)36(48)43-32(20-27-18-28(39)21-29(40)19-27)35(47)31-22-30(23-42-31)50-34-12-8-9-16-41-34/h5-12,16,18-19,21,24,30-33,35,42,47H,4,13-15,17,20,22-23H2,1-3H3,(H,43,48)(H,44,46)/t24-,30-,31-,32+,33?,35-,38?/m1/s1. The van der Waals surface area contributed by atoms with E-state index in [1.807, 2.05) is 50.2 Å². The lowest BCUT2D eigenvalue weighted by Gasteiger charge is -2.36. The first-order valence-electron chi connectivity index (χ1n) is 17.4. The maximum atomic E-state index is 14.4. The smallest absolute Gasteiger partial charge is 0.249 e. The number of benzene rings is 2. The number of aliphatic hydroxyl groups is 1. The molecule has 2 saturated heterocycles. The lowest BCUT2D eigenvalue weighted by molar-refractivity contribution is -0.144. The van der Waals surface area contributed by atoms with Crippen LogP contribution in [0.4, 0.5) is 8.78 Å². The van der Waals surface area contributed by atoms with Gasteiger partial charge in [-0.1, -0.05) is 56.7 Å². The van der Waals surface area contributed by atoms with Gasteiger partial charge in [0.1, 0.15) is 29.3 Å². The number of nitrogens with zero attached hydrogens (tertiary/aromatic N) is 2. The Bertz CT molecular complexity index is 1600. The highest BCUT2D eigenvalue weighted by Crippen LogP contribution is 2.35. The molecule has 268 valence electrons. The molecule has 7 atom stereocenters. The molecule has 2 aliphatic heterocycles. The summed E-state index contributed by atoms with van der Waals surface area (Å²) in [7, 11) is 0. The Labute approximate surface area is 292 Å². The fourth-order valence-corrected chi connectivity index (χ4v) is 7.26. The van der Waals surface area contributed by atoms with Crippen molar-refractivity contribution in [3.63, 3.8) is 0 Å². The average Bonchev–Trinajstić information content (AvgIpc) is 3.68. The van der Waals surface area contributed by atoms with Crippen LogP contribution < -0.4 is 20.7 Å². The first-order valence-corrected chi connectivity index (χ1v) is 17.4. The topological polar surface area (TPSA) is 133 Å². The number of aromatic nitrogens is 1. The van der Waals surface area contributed by atoms with Crippen LogP contribution in [0.25, 0.3) is 0 Å². The average molecular weight is 692 g/mol. The second kappa shape index (κ2) is 16.5. The summed E-state index contributed by atoms with van der Waals surface area (Å²) in [5.74, 6) is -2.45. The molecule has 5 rings (SSSR count). The fourth-order valence-electron chi connectivity index (χ4n) is 7.26. The quantitative estimate of drug-likeness (QED) is 0.191. The number of hydrogen-bond acceptors (Lipinski definition) is 7. The van der Waals surface area contributed by atoms with E-state index in [0.717, 1.165) is 11.6 Å². The zero-order valence-electron chi connectivity index (χ0n) is 28.8. The van der Waals surface area contributed by atoms with Gasteiger partial charge < -0.3 is 30.7 Å². The van der Waals surface area contributed by atoms with Crippen LogP contribution in [0.3, 0.4) is 0 Å². The third kappa shape index (κ3) is 8.83. The van der Waals surface area contributed by atoms with Gasteiger partial charge in [0.05, 0.1) is 12.1 Å². The van der Waals surface area contributed by atoms with Crippen molar-refractivity contribution in [1.29, 1.82) is 0 Å². The molecule has 2 fully saturated rings. The van der Waals surface area contributed by atoms with E-state index in [1.165, 1.54) is 24.0 Å². The largest absolute Gasteiger partial charge is 0.473 e. The summed E-state index contributed by atoms with van der Waals surface area (Å²) in [6, 6.07) is 15.6. The molecule has 10 nitrogen and oxygen atoms in total. The Morgan fingerprint density at radius 2 is 1.82 bits per heavy atom. The zero-order chi connectivity index (χ0) is 35.8. The van der Waals surface area contributed by atoms with E-state index in [2.05, 4.69) is 20.9 Å². The minimum atomic E-state index is -1.19. The predicted molar refractivity (Wildman–Crippen MR) is 184 cm³/mol. The van der Waals surface area contributed by atoms with Crippen molar-refractivity contribution in [2.45, 2.75) is 95.2 Å². The van der Waals surface area contributed by atoms with E-state index < -0.39 is 47.3 Å².